The number of hydrogen-bond donors (Lipinski definition) is 2. The molecule has 2 aromatic heterocycles. The van der Waals surface area contributed by atoms with Crippen LogP contribution >= 0.6 is 22.6 Å². The molecule has 182 valence electrons. The van der Waals surface area contributed by atoms with Crippen LogP contribution in [0.25, 0.3) is 33.4 Å². The van der Waals surface area contributed by atoms with E-state index >= 15 is 0 Å². The molecule has 0 unspecified atom stereocenters. The summed E-state index contributed by atoms with van der Waals surface area (Å²) in [7, 11) is 3.80. The van der Waals surface area contributed by atoms with Crippen LogP contribution in [-0.2, 0) is 6.54 Å². The number of hydrogen-bond acceptors (Lipinski definition) is 6. The topological polar surface area (TPSA) is 77.5 Å². The van der Waals surface area contributed by atoms with Gasteiger partial charge < -0.3 is 19.7 Å². The first-order chi connectivity index (χ1) is 16.8. The first-order valence-electron chi connectivity index (χ1n) is 11.8. The fourth-order valence-electron chi connectivity index (χ4n) is 4.71. The summed E-state index contributed by atoms with van der Waals surface area (Å²) < 4.78 is 6.72. The van der Waals surface area contributed by atoms with E-state index in [4.69, 9.17) is 4.74 Å². The van der Waals surface area contributed by atoms with Crippen molar-refractivity contribution in [2.24, 2.45) is 0 Å². The zero-order valence-corrected chi connectivity index (χ0v) is 22.7. The molecule has 0 bridgehead atoms. The summed E-state index contributed by atoms with van der Waals surface area (Å²) in [5, 5.41) is 20.1. The summed E-state index contributed by atoms with van der Waals surface area (Å²) in [6, 6.07) is 12.6. The number of rotatable bonds is 5. The third-order valence-electron chi connectivity index (χ3n) is 6.81. The quantitative estimate of drug-likeness (QED) is 0.323. The van der Waals surface area contributed by atoms with E-state index in [1.54, 1.807) is 7.11 Å². The molecule has 0 radical (unpaired) electrons. The average molecular weight is 583 g/mol. The highest BCUT2D eigenvalue weighted by atomic mass is 127. The number of aryl methyl sites for hydroxylation is 2. The second-order valence-electron chi connectivity index (χ2n) is 9.38. The predicted molar refractivity (Wildman–Crippen MR) is 148 cm³/mol. The van der Waals surface area contributed by atoms with Crippen molar-refractivity contribution in [3.05, 3.63) is 56.7 Å². The lowest BCUT2D eigenvalue weighted by Crippen LogP contribution is -2.43. The Labute approximate surface area is 219 Å². The highest BCUT2D eigenvalue weighted by Crippen LogP contribution is 2.38. The predicted octanol–water partition coefficient (Wildman–Crippen LogP) is 4.97. The van der Waals surface area contributed by atoms with Gasteiger partial charge in [0.15, 0.2) is 0 Å². The summed E-state index contributed by atoms with van der Waals surface area (Å²) in [5.41, 5.74) is 7.51. The van der Waals surface area contributed by atoms with Crippen LogP contribution in [0.2, 0.25) is 0 Å². The molecular weight excluding hydrogens is 553 g/mol. The number of halogens is 1. The molecule has 1 aliphatic heterocycles. The van der Waals surface area contributed by atoms with Crippen LogP contribution in [0.4, 0.5) is 0 Å². The lowest BCUT2D eigenvalue weighted by molar-refractivity contribution is 0.148. The fraction of sp³-hybridized carbons (Fsp3) is 0.333. The van der Waals surface area contributed by atoms with Crippen LogP contribution in [0, 0.1) is 17.4 Å². The SMILES string of the molecule is COc1nnc(-c2cc(C)c(O)c(C)c2)cc1-c1[nH]c2cc(CN3CCN(C)CC3)ccc2c1I. The number of aromatic amines is 1. The molecule has 1 fully saturated rings. The molecule has 3 heterocycles. The van der Waals surface area contributed by atoms with Gasteiger partial charge in [0.05, 0.1) is 24.1 Å². The van der Waals surface area contributed by atoms with Gasteiger partial charge in [0.25, 0.3) is 0 Å². The van der Waals surface area contributed by atoms with Crippen LogP contribution in [-0.4, -0.2) is 70.4 Å². The number of methoxy groups -OCH3 is 1. The Morgan fingerprint density at radius 3 is 2.43 bits per heavy atom. The van der Waals surface area contributed by atoms with Gasteiger partial charge in [-0.15, -0.1) is 10.2 Å². The number of phenols is 1. The van der Waals surface area contributed by atoms with E-state index in [1.165, 1.54) is 10.9 Å². The summed E-state index contributed by atoms with van der Waals surface area (Å²) in [5.74, 6) is 0.788. The second kappa shape index (κ2) is 9.75. The Kier molecular flexibility index (Phi) is 6.69. The smallest absolute Gasteiger partial charge is 0.242 e. The molecule has 8 heteroatoms. The molecule has 0 saturated carbocycles. The monoisotopic (exact) mass is 583 g/mol. The van der Waals surface area contributed by atoms with Crippen molar-refractivity contribution in [2.75, 3.05) is 40.3 Å². The maximum Gasteiger partial charge on any atom is 0.242 e. The summed E-state index contributed by atoms with van der Waals surface area (Å²) in [6.07, 6.45) is 0. The lowest BCUT2D eigenvalue weighted by atomic mass is 10.0. The van der Waals surface area contributed by atoms with E-state index in [0.717, 1.165) is 75.5 Å². The van der Waals surface area contributed by atoms with Gasteiger partial charge in [-0.2, -0.15) is 0 Å². The zero-order chi connectivity index (χ0) is 24.7. The zero-order valence-electron chi connectivity index (χ0n) is 20.5. The molecule has 0 amide bonds. The van der Waals surface area contributed by atoms with E-state index in [0.29, 0.717) is 11.6 Å². The van der Waals surface area contributed by atoms with Crippen LogP contribution in [0.3, 0.4) is 0 Å². The first-order valence-corrected chi connectivity index (χ1v) is 12.9. The van der Waals surface area contributed by atoms with Crippen LogP contribution in [0.5, 0.6) is 11.6 Å². The minimum absolute atomic E-state index is 0.313. The van der Waals surface area contributed by atoms with Crippen molar-refractivity contribution in [3.8, 4) is 34.1 Å². The summed E-state index contributed by atoms with van der Waals surface area (Å²) in [4.78, 5) is 8.52. The highest BCUT2D eigenvalue weighted by Gasteiger charge is 2.20. The minimum atomic E-state index is 0.313. The number of ether oxygens (including phenoxy) is 1. The molecule has 5 rings (SSSR count). The van der Waals surface area contributed by atoms with Gasteiger partial charge in [0, 0.05) is 52.8 Å². The Hall–Kier alpha value is -2.69. The number of fused-ring (bicyclic) bond motifs is 1. The maximum absolute atomic E-state index is 10.2. The number of piperazine rings is 1. The van der Waals surface area contributed by atoms with Gasteiger partial charge >= 0.3 is 0 Å². The van der Waals surface area contributed by atoms with E-state index in [-0.39, 0.29) is 0 Å². The number of aromatic nitrogens is 3. The van der Waals surface area contributed by atoms with Crippen molar-refractivity contribution in [1.82, 2.24) is 25.0 Å². The van der Waals surface area contributed by atoms with Gasteiger partial charge in [-0.3, -0.25) is 4.90 Å². The van der Waals surface area contributed by atoms with Crippen molar-refractivity contribution in [2.45, 2.75) is 20.4 Å². The number of phenolic OH excluding ortho intramolecular Hbond substituents is 1. The second-order valence-corrected chi connectivity index (χ2v) is 10.5. The largest absolute Gasteiger partial charge is 0.507 e. The van der Waals surface area contributed by atoms with Crippen LogP contribution < -0.4 is 4.74 Å². The minimum Gasteiger partial charge on any atom is -0.507 e. The van der Waals surface area contributed by atoms with Gasteiger partial charge in [-0.1, -0.05) is 12.1 Å². The molecule has 35 heavy (non-hydrogen) atoms. The van der Waals surface area contributed by atoms with Gasteiger partial charge in [0.2, 0.25) is 5.88 Å². The number of likely N-dealkylation sites (N-methyl/N-ethyl adjacent to an activating group) is 1. The molecule has 2 N–H and O–H groups in total. The fourth-order valence-corrected chi connectivity index (χ4v) is 5.61. The van der Waals surface area contributed by atoms with Crippen LogP contribution in [0.1, 0.15) is 16.7 Å². The van der Waals surface area contributed by atoms with E-state index < -0.39 is 0 Å². The number of aromatic hydroxyl groups is 1. The van der Waals surface area contributed by atoms with Crippen molar-refractivity contribution in [3.63, 3.8) is 0 Å². The van der Waals surface area contributed by atoms with E-state index in [2.05, 4.69) is 72.8 Å². The van der Waals surface area contributed by atoms with Gasteiger partial charge in [0.1, 0.15) is 5.75 Å². The Bertz CT molecular complexity index is 1370. The maximum atomic E-state index is 10.2. The van der Waals surface area contributed by atoms with Crippen LogP contribution in [0.15, 0.2) is 36.4 Å². The summed E-state index contributed by atoms with van der Waals surface area (Å²) in [6.45, 7) is 9.17. The van der Waals surface area contributed by atoms with Crippen molar-refractivity contribution >= 4 is 33.5 Å². The molecule has 0 spiro atoms. The molecule has 4 aromatic rings. The molecular formula is C27H30IN5O2. The van der Waals surface area contributed by atoms with E-state index in [9.17, 15) is 5.11 Å². The molecule has 7 nitrogen and oxygen atoms in total. The standard InChI is InChI=1S/C27H30IN5O2/c1-16-11-19(12-17(2)26(16)34)22-14-21(27(35-4)31-30-22)25-24(28)20-6-5-18(13-23(20)29-25)15-33-9-7-32(3)8-10-33/h5-6,11-14,29,34H,7-10,15H2,1-4H3. The van der Waals surface area contributed by atoms with Gasteiger partial charge in [-0.05, 0) is 84.4 Å². The average Bonchev–Trinajstić information content (AvgIpc) is 3.18. The number of nitrogens with one attached hydrogen (secondary N) is 1. The Morgan fingerprint density at radius 2 is 1.74 bits per heavy atom. The Balaban J connectivity index is 1.52. The normalized spacial score (nSPS) is 15.1. The summed E-state index contributed by atoms with van der Waals surface area (Å²) >= 11 is 2.40. The third-order valence-corrected chi connectivity index (χ3v) is 7.93. The molecule has 2 aromatic carbocycles. The number of nitrogens with zero attached hydrogens (tertiary/aromatic N) is 4. The number of benzene rings is 2. The Morgan fingerprint density at radius 1 is 1.03 bits per heavy atom. The molecule has 1 saturated heterocycles. The van der Waals surface area contributed by atoms with Crippen molar-refractivity contribution in [1.29, 1.82) is 0 Å². The molecule has 0 atom stereocenters. The van der Waals surface area contributed by atoms with Gasteiger partial charge in [-0.25, -0.2) is 0 Å². The number of H-pyrrole nitrogens is 1. The van der Waals surface area contributed by atoms with E-state index in [1.807, 2.05) is 32.0 Å². The molecule has 0 aliphatic carbocycles. The third kappa shape index (κ3) is 4.74. The first kappa shape index (κ1) is 24.0. The molecule has 1 aliphatic rings. The highest BCUT2D eigenvalue weighted by molar-refractivity contribution is 14.1. The van der Waals surface area contributed by atoms with Crippen molar-refractivity contribution < 1.29 is 9.84 Å². The lowest BCUT2D eigenvalue weighted by Gasteiger charge is -2.32.